The largest absolute Gasteiger partial charge is 0.478 e. The summed E-state index contributed by atoms with van der Waals surface area (Å²) in [6.07, 6.45) is 0. The molecule has 0 saturated heterocycles. The first-order valence-corrected chi connectivity index (χ1v) is 4.70. The van der Waals surface area contributed by atoms with Crippen LogP contribution in [0.15, 0.2) is 12.1 Å². The molecule has 108 valence electrons. The lowest BCUT2D eigenvalue weighted by Gasteiger charge is -2.06. The van der Waals surface area contributed by atoms with Crippen LogP contribution in [0.25, 0.3) is 0 Å². The van der Waals surface area contributed by atoms with Gasteiger partial charge in [-0.3, -0.25) is 11.7 Å². The quantitative estimate of drug-likeness (QED) is 0.303. The fraction of sp³-hybridized carbons (Fsp3) is 0. The highest BCUT2D eigenvalue weighted by Gasteiger charge is 2.24. The van der Waals surface area contributed by atoms with Crippen LogP contribution in [0.4, 0.5) is 0 Å². The number of hydrogen-bond acceptors (Lipinski definition) is 6. The highest BCUT2D eigenvalue weighted by Crippen LogP contribution is 2.18. The van der Waals surface area contributed by atoms with E-state index in [1.165, 1.54) is 0 Å². The summed E-state index contributed by atoms with van der Waals surface area (Å²) in [5, 5.41) is 35.0. The summed E-state index contributed by atoms with van der Waals surface area (Å²) in [5.74, 6) is 1.36. The Morgan fingerprint density at radius 1 is 0.600 bits per heavy atom. The Bertz CT molecular complexity index is 483. The van der Waals surface area contributed by atoms with E-state index in [1.54, 1.807) is 0 Å². The number of carboxylic acids is 4. The third-order valence-corrected chi connectivity index (χ3v) is 2.08. The maximum Gasteiger partial charge on any atom is 0.336 e. The molecule has 0 radical (unpaired) electrons. The smallest absolute Gasteiger partial charge is 0.336 e. The maximum atomic E-state index is 10.8. The molecule has 0 aromatic heterocycles. The van der Waals surface area contributed by atoms with E-state index in [-0.39, 0.29) is 0 Å². The molecule has 20 heavy (non-hydrogen) atoms. The van der Waals surface area contributed by atoms with E-state index in [4.69, 9.17) is 20.4 Å². The Kier molecular flexibility index (Phi) is 5.80. The number of aromatic carboxylic acids is 4. The van der Waals surface area contributed by atoms with Crippen molar-refractivity contribution >= 4 is 23.9 Å². The molecule has 0 unspecified atom stereocenters. The first-order valence-electron chi connectivity index (χ1n) is 4.70. The number of hydrogen-bond donors (Lipinski definition) is 6. The molecule has 8 N–H and O–H groups in total. The number of carboxylic acid groups (broad SMARTS) is 4. The second-order valence-electron chi connectivity index (χ2n) is 3.16. The first-order chi connectivity index (χ1) is 9.25. The average Bonchev–Trinajstić information content (AvgIpc) is 2.38. The van der Waals surface area contributed by atoms with Crippen LogP contribution < -0.4 is 11.7 Å². The summed E-state index contributed by atoms with van der Waals surface area (Å²) in [4.78, 5) is 43.1. The lowest BCUT2D eigenvalue weighted by molar-refractivity contribution is 0.0637. The minimum absolute atomic E-state index is 0.511. The number of benzene rings is 1. The van der Waals surface area contributed by atoms with Crippen LogP contribution in [0.1, 0.15) is 41.4 Å². The topological polar surface area (TPSA) is 201 Å². The zero-order valence-electron chi connectivity index (χ0n) is 9.73. The standard InChI is InChI=1S/C10H6O8.H4N2/c11-7(12)3-1-4(8(13)14)6(10(17)18)2-5(3)9(15)16;1-2/h1-2H,(H,11,12)(H,13,14)(H,15,16)(H,17,18);1-2H2. The van der Waals surface area contributed by atoms with E-state index in [9.17, 15) is 19.2 Å². The molecule has 0 amide bonds. The maximum absolute atomic E-state index is 10.8. The monoisotopic (exact) mass is 286 g/mol. The fourth-order valence-corrected chi connectivity index (χ4v) is 1.31. The fourth-order valence-electron chi connectivity index (χ4n) is 1.31. The van der Waals surface area contributed by atoms with Crippen LogP contribution in [-0.4, -0.2) is 44.3 Å². The lowest BCUT2D eigenvalue weighted by atomic mass is 9.98. The molecule has 0 saturated carbocycles. The van der Waals surface area contributed by atoms with Crippen molar-refractivity contribution in [2.24, 2.45) is 11.7 Å². The van der Waals surface area contributed by atoms with Gasteiger partial charge in [0.05, 0.1) is 22.3 Å². The SMILES string of the molecule is NN.O=C(O)c1cc(C(=O)O)c(C(=O)O)cc1C(=O)O. The molecule has 0 atom stereocenters. The van der Waals surface area contributed by atoms with Crippen molar-refractivity contribution in [1.82, 2.24) is 0 Å². The van der Waals surface area contributed by atoms with Gasteiger partial charge in [0.2, 0.25) is 0 Å². The highest BCUT2D eigenvalue weighted by atomic mass is 16.4. The molecular formula is C10H10N2O8. The van der Waals surface area contributed by atoms with Gasteiger partial charge in [0.15, 0.2) is 0 Å². The molecule has 0 aliphatic rings. The van der Waals surface area contributed by atoms with E-state index in [0.29, 0.717) is 12.1 Å². The number of nitrogens with two attached hydrogens (primary N) is 2. The van der Waals surface area contributed by atoms with Crippen LogP contribution in [0, 0.1) is 0 Å². The molecule has 0 fully saturated rings. The van der Waals surface area contributed by atoms with Crippen LogP contribution >= 0.6 is 0 Å². The van der Waals surface area contributed by atoms with Gasteiger partial charge in [-0.2, -0.15) is 0 Å². The van der Waals surface area contributed by atoms with Gasteiger partial charge in [0.1, 0.15) is 0 Å². The van der Waals surface area contributed by atoms with Gasteiger partial charge in [0.25, 0.3) is 0 Å². The minimum Gasteiger partial charge on any atom is -0.478 e. The minimum atomic E-state index is -1.66. The van der Waals surface area contributed by atoms with Gasteiger partial charge in [-0.1, -0.05) is 0 Å². The first kappa shape index (κ1) is 17.0. The lowest BCUT2D eigenvalue weighted by Crippen LogP contribution is -2.15. The molecule has 0 aliphatic carbocycles. The van der Waals surface area contributed by atoms with Crippen LogP contribution in [0.3, 0.4) is 0 Å². The zero-order chi connectivity index (χ0) is 16.0. The van der Waals surface area contributed by atoms with Crippen molar-refractivity contribution in [3.8, 4) is 0 Å². The van der Waals surface area contributed by atoms with Gasteiger partial charge in [-0.25, -0.2) is 19.2 Å². The van der Waals surface area contributed by atoms with E-state index in [1.807, 2.05) is 0 Å². The summed E-state index contributed by atoms with van der Waals surface area (Å²) in [6.45, 7) is 0. The summed E-state index contributed by atoms with van der Waals surface area (Å²) < 4.78 is 0. The molecule has 0 heterocycles. The van der Waals surface area contributed by atoms with Crippen molar-refractivity contribution in [2.75, 3.05) is 0 Å². The second kappa shape index (κ2) is 6.82. The van der Waals surface area contributed by atoms with Crippen molar-refractivity contribution in [1.29, 1.82) is 0 Å². The summed E-state index contributed by atoms with van der Waals surface area (Å²) in [6, 6.07) is 1.02. The van der Waals surface area contributed by atoms with E-state index in [0.717, 1.165) is 0 Å². The van der Waals surface area contributed by atoms with Crippen LogP contribution in [0.2, 0.25) is 0 Å². The summed E-state index contributed by atoms with van der Waals surface area (Å²) >= 11 is 0. The van der Waals surface area contributed by atoms with Crippen molar-refractivity contribution < 1.29 is 39.6 Å². The molecule has 10 nitrogen and oxygen atoms in total. The highest BCUT2D eigenvalue weighted by molar-refractivity contribution is 6.09. The Balaban J connectivity index is 0.00000172. The molecule has 1 aromatic rings. The van der Waals surface area contributed by atoms with Gasteiger partial charge in [0, 0.05) is 0 Å². The number of hydrazine groups is 1. The van der Waals surface area contributed by atoms with E-state index < -0.39 is 46.1 Å². The molecular weight excluding hydrogens is 276 g/mol. The Morgan fingerprint density at radius 3 is 0.850 bits per heavy atom. The molecule has 0 bridgehead atoms. The molecule has 1 aromatic carbocycles. The normalized spacial score (nSPS) is 9.10. The van der Waals surface area contributed by atoms with E-state index in [2.05, 4.69) is 11.7 Å². The molecule has 10 heteroatoms. The Morgan fingerprint density at radius 2 is 0.750 bits per heavy atom. The number of carbonyl (C=O) groups is 4. The molecule has 1 rings (SSSR count). The average molecular weight is 286 g/mol. The summed E-state index contributed by atoms with van der Waals surface area (Å²) in [7, 11) is 0. The van der Waals surface area contributed by atoms with Crippen LogP contribution in [-0.2, 0) is 0 Å². The van der Waals surface area contributed by atoms with Gasteiger partial charge in [-0.15, -0.1) is 0 Å². The predicted molar refractivity (Wildman–Crippen MR) is 62.7 cm³/mol. The third kappa shape index (κ3) is 3.51. The van der Waals surface area contributed by atoms with Crippen molar-refractivity contribution in [3.05, 3.63) is 34.4 Å². The molecule has 0 aliphatic heterocycles. The zero-order valence-corrected chi connectivity index (χ0v) is 9.73. The van der Waals surface area contributed by atoms with Crippen LogP contribution in [0.5, 0.6) is 0 Å². The second-order valence-corrected chi connectivity index (χ2v) is 3.16. The Labute approximate surface area is 110 Å². The molecule has 0 spiro atoms. The summed E-state index contributed by atoms with van der Waals surface area (Å²) in [5.41, 5.74) is -3.15. The van der Waals surface area contributed by atoms with Gasteiger partial charge in [-0.05, 0) is 12.1 Å². The van der Waals surface area contributed by atoms with Gasteiger partial charge < -0.3 is 20.4 Å². The van der Waals surface area contributed by atoms with E-state index >= 15 is 0 Å². The van der Waals surface area contributed by atoms with Gasteiger partial charge >= 0.3 is 23.9 Å². The van der Waals surface area contributed by atoms with Crippen molar-refractivity contribution in [3.63, 3.8) is 0 Å². The Hall–Kier alpha value is -2.98. The number of rotatable bonds is 4. The third-order valence-electron chi connectivity index (χ3n) is 2.08. The van der Waals surface area contributed by atoms with Crippen molar-refractivity contribution in [2.45, 2.75) is 0 Å². The predicted octanol–water partition coefficient (Wildman–Crippen LogP) is -0.702.